The molecule has 0 fully saturated rings. The predicted octanol–water partition coefficient (Wildman–Crippen LogP) is -0.314. The Hall–Kier alpha value is -1.63. The van der Waals surface area contributed by atoms with Crippen molar-refractivity contribution in [1.29, 1.82) is 0 Å². The molecule has 7 nitrogen and oxygen atoms in total. The zero-order chi connectivity index (χ0) is 16.4. The lowest BCUT2D eigenvalue weighted by atomic mass is 9.97. The van der Waals surface area contributed by atoms with Gasteiger partial charge in [-0.3, -0.25) is 9.59 Å². The van der Waals surface area contributed by atoms with Gasteiger partial charge in [0.15, 0.2) is 0 Å². The SMILES string of the molecule is COC(=O)C(C)(C)NC(=O)C(C)(C)NC(=O)C(C)(C)N. The van der Waals surface area contributed by atoms with Crippen molar-refractivity contribution in [2.24, 2.45) is 5.73 Å². The van der Waals surface area contributed by atoms with Crippen molar-refractivity contribution in [3.05, 3.63) is 0 Å². The van der Waals surface area contributed by atoms with Gasteiger partial charge in [0, 0.05) is 0 Å². The molecule has 0 aliphatic heterocycles. The summed E-state index contributed by atoms with van der Waals surface area (Å²) < 4.78 is 4.60. The number of rotatable bonds is 5. The fraction of sp³-hybridized carbons (Fsp3) is 0.769. The summed E-state index contributed by atoms with van der Waals surface area (Å²) in [4.78, 5) is 35.6. The van der Waals surface area contributed by atoms with E-state index >= 15 is 0 Å². The third-order valence-electron chi connectivity index (χ3n) is 2.70. The van der Waals surface area contributed by atoms with Gasteiger partial charge < -0.3 is 21.1 Å². The average Bonchev–Trinajstić information content (AvgIpc) is 2.25. The second kappa shape index (κ2) is 5.78. The van der Waals surface area contributed by atoms with Crippen LogP contribution < -0.4 is 16.4 Å². The average molecular weight is 287 g/mol. The zero-order valence-electron chi connectivity index (χ0n) is 13.2. The molecule has 0 aromatic carbocycles. The molecule has 0 spiro atoms. The number of carbonyl (C=O) groups is 3. The smallest absolute Gasteiger partial charge is 0.330 e. The molecule has 0 saturated carbocycles. The Balaban J connectivity index is 4.93. The van der Waals surface area contributed by atoms with E-state index in [1.165, 1.54) is 48.7 Å². The standard InChI is InChI=1S/C13H25N3O4/c1-11(2,14)8(17)15-12(3,4)9(18)16-13(5,6)10(19)20-7/h14H2,1-7H3,(H,15,17)(H,16,18). The molecule has 0 aromatic heterocycles. The van der Waals surface area contributed by atoms with Crippen LogP contribution in [0.3, 0.4) is 0 Å². The molecule has 7 heteroatoms. The molecule has 116 valence electrons. The molecule has 0 rings (SSSR count). The minimum Gasteiger partial charge on any atom is -0.467 e. The van der Waals surface area contributed by atoms with Gasteiger partial charge in [-0.05, 0) is 41.5 Å². The van der Waals surface area contributed by atoms with Gasteiger partial charge in [0.2, 0.25) is 11.8 Å². The molecule has 2 amide bonds. The first-order valence-electron chi connectivity index (χ1n) is 6.26. The molecule has 4 N–H and O–H groups in total. The summed E-state index contributed by atoms with van der Waals surface area (Å²) >= 11 is 0. The molecular weight excluding hydrogens is 262 g/mol. The number of ether oxygens (including phenoxy) is 1. The normalized spacial score (nSPS) is 12.6. The maximum atomic E-state index is 12.2. The fourth-order valence-electron chi connectivity index (χ4n) is 1.25. The molecular formula is C13H25N3O4. The lowest BCUT2D eigenvalue weighted by molar-refractivity contribution is -0.150. The molecule has 0 unspecified atom stereocenters. The summed E-state index contributed by atoms with van der Waals surface area (Å²) in [5.74, 6) is -1.55. The Morgan fingerprint density at radius 3 is 1.60 bits per heavy atom. The number of hydrogen-bond donors (Lipinski definition) is 3. The van der Waals surface area contributed by atoms with E-state index in [9.17, 15) is 14.4 Å². The summed E-state index contributed by atoms with van der Waals surface area (Å²) in [6.07, 6.45) is 0. The number of amides is 2. The van der Waals surface area contributed by atoms with Crippen molar-refractivity contribution in [2.75, 3.05) is 7.11 Å². The van der Waals surface area contributed by atoms with E-state index in [1.807, 2.05) is 0 Å². The first kappa shape index (κ1) is 18.4. The lowest BCUT2D eigenvalue weighted by Gasteiger charge is -2.32. The van der Waals surface area contributed by atoms with Crippen molar-refractivity contribution in [1.82, 2.24) is 10.6 Å². The molecule has 0 atom stereocenters. The van der Waals surface area contributed by atoms with E-state index in [-0.39, 0.29) is 0 Å². The van der Waals surface area contributed by atoms with Gasteiger partial charge in [0.1, 0.15) is 11.1 Å². The van der Waals surface area contributed by atoms with Crippen LogP contribution in [0.1, 0.15) is 41.5 Å². The molecule has 0 aliphatic rings. The second-order valence-corrected chi connectivity index (χ2v) is 6.37. The highest BCUT2D eigenvalue weighted by Crippen LogP contribution is 2.11. The van der Waals surface area contributed by atoms with Crippen LogP contribution in [0.25, 0.3) is 0 Å². The topological polar surface area (TPSA) is 111 Å². The number of esters is 1. The molecule has 0 saturated heterocycles. The van der Waals surface area contributed by atoms with E-state index < -0.39 is 34.4 Å². The largest absolute Gasteiger partial charge is 0.467 e. The molecule has 0 aromatic rings. The van der Waals surface area contributed by atoms with Gasteiger partial charge >= 0.3 is 5.97 Å². The van der Waals surface area contributed by atoms with E-state index in [4.69, 9.17) is 5.73 Å². The van der Waals surface area contributed by atoms with E-state index in [2.05, 4.69) is 15.4 Å². The summed E-state index contributed by atoms with van der Waals surface area (Å²) in [7, 11) is 1.24. The third kappa shape index (κ3) is 4.80. The lowest BCUT2D eigenvalue weighted by Crippen LogP contribution is -2.64. The van der Waals surface area contributed by atoms with E-state index in [1.54, 1.807) is 0 Å². The quantitative estimate of drug-likeness (QED) is 0.601. The second-order valence-electron chi connectivity index (χ2n) is 6.37. The highest BCUT2D eigenvalue weighted by Gasteiger charge is 2.38. The van der Waals surface area contributed by atoms with E-state index in [0.717, 1.165) is 0 Å². The maximum Gasteiger partial charge on any atom is 0.330 e. The Kier molecular flexibility index (Phi) is 5.31. The van der Waals surface area contributed by atoms with Crippen LogP contribution in [0.5, 0.6) is 0 Å². The predicted molar refractivity (Wildman–Crippen MR) is 74.7 cm³/mol. The Bertz CT molecular complexity index is 408. The Labute approximate surface area is 119 Å². The first-order valence-corrected chi connectivity index (χ1v) is 6.26. The summed E-state index contributed by atoms with van der Waals surface area (Å²) in [5, 5.41) is 5.08. The summed E-state index contributed by atoms with van der Waals surface area (Å²) in [6, 6.07) is 0. The van der Waals surface area contributed by atoms with Crippen molar-refractivity contribution in [3.8, 4) is 0 Å². The van der Waals surface area contributed by atoms with Gasteiger partial charge in [-0.15, -0.1) is 0 Å². The van der Waals surface area contributed by atoms with E-state index in [0.29, 0.717) is 0 Å². The number of nitrogens with one attached hydrogen (secondary N) is 2. The number of methoxy groups -OCH3 is 1. The molecule has 0 aliphatic carbocycles. The van der Waals surface area contributed by atoms with Crippen LogP contribution in [0.4, 0.5) is 0 Å². The molecule has 0 heterocycles. The number of nitrogens with two attached hydrogens (primary N) is 1. The summed E-state index contributed by atoms with van der Waals surface area (Å²) in [6.45, 7) is 9.16. The molecule has 20 heavy (non-hydrogen) atoms. The van der Waals surface area contributed by atoms with Crippen molar-refractivity contribution >= 4 is 17.8 Å². The Morgan fingerprint density at radius 1 is 0.850 bits per heavy atom. The van der Waals surface area contributed by atoms with Gasteiger partial charge in [-0.1, -0.05) is 0 Å². The highest BCUT2D eigenvalue weighted by molar-refractivity contribution is 5.96. The van der Waals surface area contributed by atoms with Gasteiger partial charge in [0.25, 0.3) is 0 Å². The molecule has 0 radical (unpaired) electrons. The molecule has 0 bridgehead atoms. The van der Waals surface area contributed by atoms with Gasteiger partial charge in [-0.25, -0.2) is 4.79 Å². The highest BCUT2D eigenvalue weighted by atomic mass is 16.5. The van der Waals surface area contributed by atoms with Crippen molar-refractivity contribution in [2.45, 2.75) is 58.2 Å². The van der Waals surface area contributed by atoms with Crippen molar-refractivity contribution in [3.63, 3.8) is 0 Å². The fourth-order valence-corrected chi connectivity index (χ4v) is 1.25. The number of hydrogen-bond acceptors (Lipinski definition) is 5. The van der Waals surface area contributed by atoms with Crippen LogP contribution >= 0.6 is 0 Å². The van der Waals surface area contributed by atoms with Crippen LogP contribution in [0, 0.1) is 0 Å². The van der Waals surface area contributed by atoms with Crippen LogP contribution in [0.15, 0.2) is 0 Å². The maximum absolute atomic E-state index is 12.2. The van der Waals surface area contributed by atoms with Gasteiger partial charge in [0.05, 0.1) is 12.6 Å². The first-order chi connectivity index (χ1) is 8.74. The number of carbonyl (C=O) groups excluding carboxylic acids is 3. The monoisotopic (exact) mass is 287 g/mol. The van der Waals surface area contributed by atoms with Crippen LogP contribution in [-0.4, -0.2) is 41.5 Å². The minimum atomic E-state index is -1.21. The van der Waals surface area contributed by atoms with Crippen LogP contribution in [-0.2, 0) is 19.1 Å². The van der Waals surface area contributed by atoms with Crippen molar-refractivity contribution < 1.29 is 19.1 Å². The Morgan fingerprint density at radius 2 is 1.25 bits per heavy atom. The third-order valence-corrected chi connectivity index (χ3v) is 2.70. The summed E-state index contributed by atoms with van der Waals surface area (Å²) in [5.41, 5.74) is 2.17. The van der Waals surface area contributed by atoms with Crippen LogP contribution in [0.2, 0.25) is 0 Å². The zero-order valence-corrected chi connectivity index (χ0v) is 13.2. The van der Waals surface area contributed by atoms with Gasteiger partial charge in [-0.2, -0.15) is 0 Å². The minimum absolute atomic E-state index is 0.464.